The van der Waals surface area contributed by atoms with Crippen molar-refractivity contribution in [2.75, 3.05) is 5.32 Å². The summed E-state index contributed by atoms with van der Waals surface area (Å²) in [5, 5.41) is 15.9. The van der Waals surface area contributed by atoms with Gasteiger partial charge in [0.15, 0.2) is 5.76 Å². The number of carbonyl (C=O) groups is 2. The van der Waals surface area contributed by atoms with E-state index in [0.29, 0.717) is 22.7 Å². The molecule has 0 radical (unpaired) electrons. The number of halogens is 1. The van der Waals surface area contributed by atoms with Gasteiger partial charge in [-0.25, -0.2) is 9.18 Å². The third kappa shape index (κ3) is 5.27. The fourth-order valence-corrected chi connectivity index (χ4v) is 3.80. The van der Waals surface area contributed by atoms with Crippen LogP contribution in [0.1, 0.15) is 42.8 Å². The highest BCUT2D eigenvalue weighted by molar-refractivity contribution is 5.91. The highest BCUT2D eigenvalue weighted by Crippen LogP contribution is 2.32. The van der Waals surface area contributed by atoms with Crippen LogP contribution in [0.3, 0.4) is 0 Å². The molecule has 0 aliphatic heterocycles. The lowest BCUT2D eigenvalue weighted by Crippen LogP contribution is -2.17. The molecule has 1 amide bonds. The van der Waals surface area contributed by atoms with E-state index in [1.807, 2.05) is 36.4 Å². The van der Waals surface area contributed by atoms with Gasteiger partial charge < -0.3 is 14.4 Å². The number of ether oxygens (including phenoxy) is 1. The molecular weight excluding hydrogens is 463 g/mol. The summed E-state index contributed by atoms with van der Waals surface area (Å²) in [5.41, 5.74) is 4.37. The van der Waals surface area contributed by atoms with E-state index < -0.39 is 29.9 Å². The average Bonchev–Trinajstić information content (AvgIpc) is 3.23. The molecule has 4 aromatic rings. The van der Waals surface area contributed by atoms with E-state index in [-0.39, 0.29) is 5.56 Å². The second-order valence-electron chi connectivity index (χ2n) is 8.42. The van der Waals surface area contributed by atoms with E-state index in [4.69, 9.17) is 9.26 Å². The molecule has 0 saturated carbocycles. The van der Waals surface area contributed by atoms with E-state index in [2.05, 4.69) is 10.5 Å². The minimum Gasteiger partial charge on any atom is -0.481 e. The van der Waals surface area contributed by atoms with E-state index in [1.165, 1.54) is 6.07 Å². The third-order valence-corrected chi connectivity index (χ3v) is 5.99. The number of aryl methyl sites for hydroxylation is 1. The number of rotatable bonds is 7. The summed E-state index contributed by atoms with van der Waals surface area (Å²) < 4.78 is 24.7. The number of nitrogens with one attached hydrogen (secondary N) is 1. The lowest BCUT2D eigenvalue weighted by atomic mass is 9.97. The van der Waals surface area contributed by atoms with Crippen LogP contribution in [-0.4, -0.2) is 22.3 Å². The molecule has 2 atom stereocenters. The van der Waals surface area contributed by atoms with Crippen LogP contribution in [0.4, 0.5) is 14.9 Å². The van der Waals surface area contributed by atoms with Crippen molar-refractivity contribution >= 4 is 17.7 Å². The SMILES string of the molecule is Cc1onc(-c2ccc(-c3ccc(C(C)C(=O)O)cc3)cc2)c1NC(=O)O[C@H](C)c1ccccc1F. The molecule has 0 aliphatic carbocycles. The fourth-order valence-electron chi connectivity index (χ4n) is 3.80. The molecule has 2 N–H and O–H groups in total. The summed E-state index contributed by atoms with van der Waals surface area (Å²) in [6.07, 6.45) is -1.55. The lowest BCUT2D eigenvalue weighted by Gasteiger charge is -2.15. The molecule has 0 spiro atoms. The lowest BCUT2D eigenvalue weighted by molar-refractivity contribution is -0.138. The number of anilines is 1. The Kier molecular flexibility index (Phi) is 7.15. The predicted octanol–water partition coefficient (Wildman–Crippen LogP) is 6.95. The Morgan fingerprint density at radius 1 is 0.944 bits per heavy atom. The highest BCUT2D eigenvalue weighted by Gasteiger charge is 2.21. The van der Waals surface area contributed by atoms with Crippen molar-refractivity contribution < 1.29 is 28.3 Å². The first-order chi connectivity index (χ1) is 17.2. The minimum absolute atomic E-state index is 0.274. The molecule has 1 unspecified atom stereocenters. The van der Waals surface area contributed by atoms with Gasteiger partial charge in [0.25, 0.3) is 0 Å². The van der Waals surface area contributed by atoms with Crippen molar-refractivity contribution in [1.82, 2.24) is 5.16 Å². The van der Waals surface area contributed by atoms with Crippen molar-refractivity contribution in [3.05, 3.63) is 95.5 Å². The molecule has 8 heteroatoms. The van der Waals surface area contributed by atoms with Gasteiger partial charge in [0.1, 0.15) is 23.3 Å². The fraction of sp³-hybridized carbons (Fsp3) is 0.179. The zero-order valence-corrected chi connectivity index (χ0v) is 20.0. The largest absolute Gasteiger partial charge is 0.481 e. The molecule has 3 aromatic carbocycles. The van der Waals surface area contributed by atoms with Crippen molar-refractivity contribution in [2.45, 2.75) is 32.8 Å². The van der Waals surface area contributed by atoms with Crippen LogP contribution in [0.2, 0.25) is 0 Å². The first kappa shape index (κ1) is 24.7. The molecule has 1 heterocycles. The quantitative estimate of drug-likeness (QED) is 0.292. The Morgan fingerprint density at radius 2 is 1.53 bits per heavy atom. The number of aliphatic carboxylic acids is 1. The Morgan fingerprint density at radius 3 is 2.14 bits per heavy atom. The number of benzene rings is 3. The van der Waals surface area contributed by atoms with Gasteiger partial charge in [-0.3, -0.25) is 10.1 Å². The van der Waals surface area contributed by atoms with Crippen LogP contribution >= 0.6 is 0 Å². The number of amides is 1. The van der Waals surface area contributed by atoms with Crippen LogP contribution in [0.25, 0.3) is 22.4 Å². The number of carboxylic acid groups (broad SMARTS) is 1. The average molecular weight is 489 g/mol. The number of hydrogen-bond donors (Lipinski definition) is 2. The molecule has 184 valence electrons. The molecule has 0 fully saturated rings. The molecule has 1 aromatic heterocycles. The zero-order valence-electron chi connectivity index (χ0n) is 20.0. The van der Waals surface area contributed by atoms with Crippen LogP contribution in [0.5, 0.6) is 0 Å². The second-order valence-corrected chi connectivity index (χ2v) is 8.42. The predicted molar refractivity (Wildman–Crippen MR) is 133 cm³/mol. The smallest absolute Gasteiger partial charge is 0.412 e. The topological polar surface area (TPSA) is 102 Å². The van der Waals surface area contributed by atoms with Gasteiger partial charge in [0.2, 0.25) is 0 Å². The van der Waals surface area contributed by atoms with Crippen molar-refractivity contribution in [1.29, 1.82) is 0 Å². The van der Waals surface area contributed by atoms with E-state index >= 15 is 0 Å². The molecule has 0 saturated heterocycles. The molecule has 4 rings (SSSR count). The number of aromatic nitrogens is 1. The van der Waals surface area contributed by atoms with E-state index in [1.54, 1.807) is 51.1 Å². The number of carbonyl (C=O) groups excluding carboxylic acids is 1. The Hall–Kier alpha value is -4.46. The molecule has 7 nitrogen and oxygen atoms in total. The molecule has 0 aliphatic rings. The van der Waals surface area contributed by atoms with Gasteiger partial charge in [-0.15, -0.1) is 0 Å². The summed E-state index contributed by atoms with van der Waals surface area (Å²) >= 11 is 0. The molecular formula is C28H25FN2O5. The van der Waals surface area contributed by atoms with E-state index in [9.17, 15) is 19.1 Å². The number of carboxylic acids is 1. The number of hydrogen-bond acceptors (Lipinski definition) is 5. The Bertz CT molecular complexity index is 1380. The second kappa shape index (κ2) is 10.4. The van der Waals surface area contributed by atoms with Gasteiger partial charge in [0, 0.05) is 11.1 Å². The van der Waals surface area contributed by atoms with E-state index in [0.717, 1.165) is 16.7 Å². The maximum absolute atomic E-state index is 14.0. The van der Waals surface area contributed by atoms with Crippen molar-refractivity contribution in [2.24, 2.45) is 0 Å². The summed E-state index contributed by atoms with van der Waals surface area (Å²) in [4.78, 5) is 23.7. The van der Waals surface area contributed by atoms with Gasteiger partial charge in [-0.1, -0.05) is 71.9 Å². The molecule has 0 bridgehead atoms. The Balaban J connectivity index is 1.49. The molecule has 36 heavy (non-hydrogen) atoms. The standard InChI is InChI=1S/C28H25FN2O5/c1-16(27(32)33)19-8-10-20(11-9-19)21-12-14-22(15-13-21)26-25(18(3)36-31-26)30-28(34)35-17(2)23-6-4-5-7-24(23)29/h4-17H,1-3H3,(H,30,34)(H,32,33)/t16?,17-/m1/s1. The van der Waals surface area contributed by atoms with Gasteiger partial charge in [-0.2, -0.15) is 0 Å². The Labute approximate surface area is 207 Å². The van der Waals surface area contributed by atoms with Gasteiger partial charge >= 0.3 is 12.1 Å². The summed E-state index contributed by atoms with van der Waals surface area (Å²) in [6, 6.07) is 21.0. The van der Waals surface area contributed by atoms with Gasteiger partial charge in [0.05, 0.1) is 5.92 Å². The summed E-state index contributed by atoms with van der Waals surface area (Å²) in [6.45, 7) is 4.90. The van der Waals surface area contributed by atoms with Crippen molar-refractivity contribution in [3.8, 4) is 22.4 Å². The van der Waals surface area contributed by atoms with Crippen LogP contribution in [0, 0.1) is 12.7 Å². The number of nitrogens with zero attached hydrogens (tertiary/aromatic N) is 1. The summed E-state index contributed by atoms with van der Waals surface area (Å²) in [7, 11) is 0. The van der Waals surface area contributed by atoms with Crippen LogP contribution in [-0.2, 0) is 9.53 Å². The summed E-state index contributed by atoms with van der Waals surface area (Å²) in [5.74, 6) is -1.51. The monoisotopic (exact) mass is 488 g/mol. The van der Waals surface area contributed by atoms with Crippen LogP contribution < -0.4 is 5.32 Å². The highest BCUT2D eigenvalue weighted by atomic mass is 19.1. The maximum Gasteiger partial charge on any atom is 0.412 e. The minimum atomic E-state index is -0.870. The normalized spacial score (nSPS) is 12.6. The first-order valence-corrected chi connectivity index (χ1v) is 11.4. The third-order valence-electron chi connectivity index (χ3n) is 5.99. The first-order valence-electron chi connectivity index (χ1n) is 11.4. The maximum atomic E-state index is 14.0. The van der Waals surface area contributed by atoms with Crippen molar-refractivity contribution in [3.63, 3.8) is 0 Å². The zero-order chi connectivity index (χ0) is 25.8. The van der Waals surface area contributed by atoms with Crippen LogP contribution in [0.15, 0.2) is 77.3 Å². The van der Waals surface area contributed by atoms with Gasteiger partial charge in [-0.05, 0) is 43.5 Å².